The third kappa shape index (κ3) is 9.74. The van der Waals surface area contributed by atoms with E-state index in [1.807, 2.05) is 0 Å². The molecule has 3 fully saturated rings. The third-order valence-electron chi connectivity index (χ3n) is 9.73. The molecule has 2 heterocycles. The number of anilines is 1. The molecular weight excluding hydrogens is 753 g/mol. The molecule has 0 radical (unpaired) electrons. The summed E-state index contributed by atoms with van der Waals surface area (Å²) in [5.41, 5.74) is 1.18. The van der Waals surface area contributed by atoms with Crippen LogP contribution < -0.4 is 19.7 Å². The number of unbranched alkanes of at least 4 members (excludes halogenated alkanes) is 3. The van der Waals surface area contributed by atoms with E-state index in [9.17, 15) is 46.7 Å². The Morgan fingerprint density at radius 1 is 0.667 bits per heavy atom. The lowest BCUT2D eigenvalue weighted by Crippen LogP contribution is -2.50. The lowest BCUT2D eigenvalue weighted by Gasteiger charge is -2.36. The van der Waals surface area contributed by atoms with Crippen molar-refractivity contribution in [2.75, 3.05) is 24.7 Å². The quantitative estimate of drug-likeness (QED) is 0.0593. The summed E-state index contributed by atoms with van der Waals surface area (Å²) in [5, 5.41) is 2.18. The number of fused-ring (bicyclic) bond motifs is 4. The van der Waals surface area contributed by atoms with Crippen LogP contribution in [0.1, 0.15) is 64.8 Å². The second kappa shape index (κ2) is 17.6. The number of alkyl halides is 3. The van der Waals surface area contributed by atoms with Gasteiger partial charge in [0.15, 0.2) is 0 Å². The van der Waals surface area contributed by atoms with Crippen molar-refractivity contribution in [3.8, 4) is 11.5 Å². The Kier molecular flexibility index (Phi) is 12.5. The topological polar surface area (TPSA) is 172 Å². The van der Waals surface area contributed by atoms with Crippen LogP contribution in [-0.2, 0) is 33.4 Å². The summed E-state index contributed by atoms with van der Waals surface area (Å²) < 4.78 is 58.0. The first kappa shape index (κ1) is 40.3. The van der Waals surface area contributed by atoms with Gasteiger partial charge in [0.25, 0.3) is 0 Å². The zero-order chi connectivity index (χ0) is 40.7. The van der Waals surface area contributed by atoms with Gasteiger partial charge in [-0.3, -0.25) is 24.5 Å². The number of nitrogens with one attached hydrogen (secondary N) is 1. The Balaban J connectivity index is 0.833. The van der Waals surface area contributed by atoms with Gasteiger partial charge in [-0.2, -0.15) is 13.2 Å². The fraction of sp³-hybridized carbons (Fsp3) is 0.341. The number of hydrogen-bond donors (Lipinski definition) is 1. The Hall–Kier alpha value is -6.32. The molecular formula is C41H37F3N2O11. The van der Waals surface area contributed by atoms with Gasteiger partial charge in [-0.15, -0.1) is 0 Å². The maximum atomic E-state index is 13.1. The SMILES string of the molecule is O=C(/C=C/c1ccc(OC(=O)c2ccc(OCCCC(F)(F)F)cc2)cc1)OCCCCCCOC(=O)c1cccc(N2C(=O)C3C4C(=O)NC(=O)C4C3C2=O)c1. The largest absolute Gasteiger partial charge is 0.494 e. The second-order valence-electron chi connectivity index (χ2n) is 13.6. The van der Waals surface area contributed by atoms with Crippen molar-refractivity contribution < 1.29 is 65.7 Å². The van der Waals surface area contributed by atoms with Crippen molar-refractivity contribution in [2.24, 2.45) is 23.7 Å². The van der Waals surface area contributed by atoms with Gasteiger partial charge in [0, 0.05) is 12.5 Å². The van der Waals surface area contributed by atoms with Crippen molar-refractivity contribution >= 4 is 53.3 Å². The molecule has 3 aromatic rings. The zero-order valence-corrected chi connectivity index (χ0v) is 30.3. The minimum absolute atomic E-state index is 0.108. The van der Waals surface area contributed by atoms with Crippen LogP contribution in [0.4, 0.5) is 18.9 Å². The number of rotatable bonds is 17. The summed E-state index contributed by atoms with van der Waals surface area (Å²) >= 11 is 0. The highest BCUT2D eigenvalue weighted by Crippen LogP contribution is 2.55. The Morgan fingerprint density at radius 2 is 1.28 bits per heavy atom. The van der Waals surface area contributed by atoms with E-state index in [-0.39, 0.29) is 48.8 Å². The molecule has 1 aliphatic carbocycles. The van der Waals surface area contributed by atoms with Gasteiger partial charge in [0.2, 0.25) is 23.6 Å². The summed E-state index contributed by atoms with van der Waals surface area (Å²) in [6.07, 6.45) is -0.00937. The van der Waals surface area contributed by atoms with Gasteiger partial charge in [-0.1, -0.05) is 18.2 Å². The highest BCUT2D eigenvalue weighted by molar-refractivity contribution is 6.27. The van der Waals surface area contributed by atoms with Crippen molar-refractivity contribution in [1.29, 1.82) is 0 Å². The molecule has 4 unspecified atom stereocenters. The summed E-state index contributed by atoms with van der Waals surface area (Å²) in [6, 6.07) is 18.1. The van der Waals surface area contributed by atoms with Crippen LogP contribution >= 0.6 is 0 Å². The lowest BCUT2D eigenvalue weighted by molar-refractivity contribution is -0.146. The van der Waals surface area contributed by atoms with Crippen molar-refractivity contribution in [3.05, 3.63) is 95.6 Å². The van der Waals surface area contributed by atoms with E-state index < -0.39 is 77.8 Å². The predicted molar refractivity (Wildman–Crippen MR) is 193 cm³/mol. The van der Waals surface area contributed by atoms with Crippen molar-refractivity contribution in [1.82, 2.24) is 5.32 Å². The van der Waals surface area contributed by atoms with E-state index in [4.69, 9.17) is 18.9 Å². The number of carbonyl (C=O) groups excluding carboxylic acids is 7. The molecule has 0 aromatic heterocycles. The fourth-order valence-corrected chi connectivity index (χ4v) is 6.89. The summed E-state index contributed by atoms with van der Waals surface area (Å²) in [6.45, 7) is 0.201. The van der Waals surface area contributed by atoms with Gasteiger partial charge >= 0.3 is 24.1 Å². The van der Waals surface area contributed by atoms with Crippen LogP contribution in [0.3, 0.4) is 0 Å². The average molecular weight is 791 g/mol. The van der Waals surface area contributed by atoms with Crippen LogP contribution in [-0.4, -0.2) is 67.5 Å². The molecule has 4 amide bonds. The smallest absolute Gasteiger partial charge is 0.389 e. The van der Waals surface area contributed by atoms with Crippen LogP contribution in [0.2, 0.25) is 0 Å². The van der Waals surface area contributed by atoms with Gasteiger partial charge in [-0.05, 0) is 98.3 Å². The van der Waals surface area contributed by atoms with Crippen LogP contribution in [0.15, 0.2) is 78.9 Å². The number of imide groups is 2. The van der Waals surface area contributed by atoms with Crippen LogP contribution in [0.25, 0.3) is 6.08 Å². The van der Waals surface area contributed by atoms with Crippen LogP contribution in [0.5, 0.6) is 11.5 Å². The number of hydrogen-bond acceptors (Lipinski definition) is 11. The second-order valence-corrected chi connectivity index (χ2v) is 13.6. The molecule has 3 aromatic carbocycles. The highest BCUT2D eigenvalue weighted by atomic mass is 19.4. The predicted octanol–water partition coefficient (Wildman–Crippen LogP) is 5.61. The maximum Gasteiger partial charge on any atom is 0.389 e. The first-order valence-corrected chi connectivity index (χ1v) is 18.3. The van der Waals surface area contributed by atoms with E-state index in [0.717, 1.165) is 4.90 Å². The minimum Gasteiger partial charge on any atom is -0.494 e. The van der Waals surface area contributed by atoms with E-state index in [1.165, 1.54) is 54.6 Å². The minimum atomic E-state index is -4.24. The number of halogens is 3. The number of ether oxygens (including phenoxy) is 4. The van der Waals surface area contributed by atoms with Crippen LogP contribution in [0, 0.1) is 23.7 Å². The number of esters is 3. The summed E-state index contributed by atoms with van der Waals surface area (Å²) in [5.74, 6) is -6.94. The molecule has 1 N–H and O–H groups in total. The van der Waals surface area contributed by atoms with Gasteiger partial charge in [0.05, 0.1) is 60.3 Å². The molecule has 57 heavy (non-hydrogen) atoms. The fourth-order valence-electron chi connectivity index (χ4n) is 6.89. The molecule has 2 saturated heterocycles. The molecule has 0 spiro atoms. The number of nitrogens with zero attached hydrogens (tertiary/aromatic N) is 1. The van der Waals surface area contributed by atoms with E-state index in [1.54, 1.807) is 30.3 Å². The molecule has 13 nitrogen and oxygen atoms in total. The summed E-state index contributed by atoms with van der Waals surface area (Å²) in [4.78, 5) is 88.6. The Labute approximate surface area is 324 Å². The van der Waals surface area contributed by atoms with E-state index in [0.29, 0.717) is 37.0 Å². The molecule has 2 aliphatic heterocycles. The van der Waals surface area contributed by atoms with Gasteiger partial charge in [-0.25, -0.2) is 19.3 Å². The van der Waals surface area contributed by atoms with E-state index in [2.05, 4.69) is 5.32 Å². The molecule has 298 valence electrons. The molecule has 1 saturated carbocycles. The highest BCUT2D eigenvalue weighted by Gasteiger charge is 2.71. The number of benzene rings is 3. The van der Waals surface area contributed by atoms with Gasteiger partial charge < -0.3 is 18.9 Å². The first-order valence-electron chi connectivity index (χ1n) is 18.3. The molecule has 4 atom stereocenters. The molecule has 0 bridgehead atoms. The average Bonchev–Trinajstić information content (AvgIpc) is 3.53. The number of carbonyl (C=O) groups is 7. The Bertz CT molecular complexity index is 2030. The van der Waals surface area contributed by atoms with E-state index >= 15 is 0 Å². The third-order valence-corrected chi connectivity index (χ3v) is 9.73. The zero-order valence-electron chi connectivity index (χ0n) is 30.3. The Morgan fingerprint density at radius 3 is 1.91 bits per heavy atom. The monoisotopic (exact) mass is 790 g/mol. The maximum absolute atomic E-state index is 13.1. The van der Waals surface area contributed by atoms with Crippen molar-refractivity contribution in [2.45, 2.75) is 44.7 Å². The lowest BCUT2D eigenvalue weighted by atomic mass is 9.59. The summed E-state index contributed by atoms with van der Waals surface area (Å²) in [7, 11) is 0. The van der Waals surface area contributed by atoms with Crippen molar-refractivity contribution in [3.63, 3.8) is 0 Å². The standard InChI is InChI=1S/C41H37F3N2O11/c42-41(43,44)19-6-22-54-28-16-12-25(13-17-28)40(53)57-29-14-9-24(10-15-29)11-18-30(47)55-20-3-1-2-4-21-56-39(52)26-7-5-8-27(23-26)46-37(50)33-31-32(34(33)38(46)51)36(49)45-35(31)48/h5,7-18,23,31-34H,1-4,6,19-22H2,(H,45,48,49)/b18-11+. The molecule has 3 aliphatic rings. The molecule has 6 rings (SSSR count). The number of amides is 4. The first-order chi connectivity index (χ1) is 27.3. The van der Waals surface area contributed by atoms with Gasteiger partial charge in [0.1, 0.15) is 11.5 Å². The normalized spacial score (nSPS) is 19.8. The molecule has 16 heteroatoms.